The van der Waals surface area contributed by atoms with Gasteiger partial charge in [-0.3, -0.25) is 4.79 Å². The van der Waals surface area contributed by atoms with Crippen LogP contribution < -0.4 is 5.32 Å². The first-order valence-corrected chi connectivity index (χ1v) is 9.02. The lowest BCUT2D eigenvalue weighted by molar-refractivity contribution is 0.0939. The van der Waals surface area contributed by atoms with Gasteiger partial charge in [-0.25, -0.2) is 0 Å². The number of aromatic nitrogens is 2. The Bertz CT molecular complexity index is 1060. The molecule has 0 aliphatic carbocycles. The Morgan fingerprint density at radius 2 is 1.86 bits per heavy atom. The molecular formula is C22H19N3O3. The summed E-state index contributed by atoms with van der Waals surface area (Å²) >= 11 is 0. The average molecular weight is 373 g/mol. The molecule has 6 nitrogen and oxygen atoms in total. The molecule has 1 amide bonds. The maximum atomic E-state index is 12.6. The Morgan fingerprint density at radius 3 is 2.64 bits per heavy atom. The highest BCUT2D eigenvalue weighted by molar-refractivity contribution is 5.95. The zero-order valence-corrected chi connectivity index (χ0v) is 15.3. The number of nitrogens with one attached hydrogen (secondary N) is 1. The van der Waals surface area contributed by atoms with Crippen molar-refractivity contribution in [1.82, 2.24) is 15.5 Å². The minimum Gasteiger partial charge on any atom is -0.469 e. The lowest BCUT2D eigenvalue weighted by Crippen LogP contribution is -2.33. The van der Waals surface area contributed by atoms with Crippen LogP contribution in [0.25, 0.3) is 22.8 Å². The lowest BCUT2D eigenvalue weighted by atomic mass is 10.1. The number of rotatable bonds is 6. The topological polar surface area (TPSA) is 81.2 Å². The van der Waals surface area contributed by atoms with Crippen LogP contribution in [0.3, 0.4) is 0 Å². The standard InChI is InChI=1S/C22H19N3O3/c1-15(13-19-11-6-12-27-19)23-21(26)17-9-5-10-18(14-17)22-24-20(25-28-22)16-7-3-2-4-8-16/h2-12,14-15H,13H2,1H3,(H,23,26). The molecule has 0 bridgehead atoms. The molecule has 0 saturated heterocycles. The SMILES string of the molecule is CC(Cc1ccco1)NC(=O)c1cccc(-c2nc(-c3ccccc3)no2)c1. The molecule has 0 spiro atoms. The van der Waals surface area contributed by atoms with Crippen molar-refractivity contribution in [3.63, 3.8) is 0 Å². The highest BCUT2D eigenvalue weighted by atomic mass is 16.5. The molecule has 6 heteroatoms. The third kappa shape index (κ3) is 4.01. The molecule has 0 fully saturated rings. The summed E-state index contributed by atoms with van der Waals surface area (Å²) < 4.78 is 10.7. The summed E-state index contributed by atoms with van der Waals surface area (Å²) in [6.45, 7) is 1.94. The van der Waals surface area contributed by atoms with Gasteiger partial charge in [0.1, 0.15) is 5.76 Å². The zero-order chi connectivity index (χ0) is 19.3. The molecular weight excluding hydrogens is 354 g/mol. The number of hydrogen-bond donors (Lipinski definition) is 1. The van der Waals surface area contributed by atoms with E-state index in [2.05, 4.69) is 15.5 Å². The van der Waals surface area contributed by atoms with Crippen LogP contribution in [0.2, 0.25) is 0 Å². The summed E-state index contributed by atoms with van der Waals surface area (Å²) in [6, 6.07) is 20.4. The number of furan rings is 1. The Labute approximate surface area is 162 Å². The van der Waals surface area contributed by atoms with Gasteiger partial charge in [-0.1, -0.05) is 41.6 Å². The van der Waals surface area contributed by atoms with E-state index in [-0.39, 0.29) is 11.9 Å². The fourth-order valence-electron chi connectivity index (χ4n) is 2.93. The van der Waals surface area contributed by atoms with Crippen molar-refractivity contribution in [3.05, 3.63) is 84.3 Å². The van der Waals surface area contributed by atoms with E-state index in [1.54, 1.807) is 24.5 Å². The van der Waals surface area contributed by atoms with E-state index < -0.39 is 0 Å². The second-order valence-electron chi connectivity index (χ2n) is 6.53. The predicted octanol–water partition coefficient (Wildman–Crippen LogP) is 4.36. The molecule has 0 aliphatic rings. The smallest absolute Gasteiger partial charge is 0.258 e. The van der Waals surface area contributed by atoms with E-state index >= 15 is 0 Å². The van der Waals surface area contributed by atoms with Gasteiger partial charge < -0.3 is 14.3 Å². The van der Waals surface area contributed by atoms with Gasteiger partial charge in [-0.2, -0.15) is 4.98 Å². The van der Waals surface area contributed by atoms with Gasteiger partial charge in [0.25, 0.3) is 11.8 Å². The summed E-state index contributed by atoms with van der Waals surface area (Å²) in [7, 11) is 0. The van der Waals surface area contributed by atoms with E-state index in [9.17, 15) is 4.79 Å². The zero-order valence-electron chi connectivity index (χ0n) is 15.3. The lowest BCUT2D eigenvalue weighted by Gasteiger charge is -2.12. The number of hydrogen-bond acceptors (Lipinski definition) is 5. The molecule has 1 atom stereocenters. The van der Waals surface area contributed by atoms with Gasteiger partial charge in [-0.15, -0.1) is 0 Å². The summed E-state index contributed by atoms with van der Waals surface area (Å²) in [5, 5.41) is 7.01. The number of carbonyl (C=O) groups excluding carboxylic acids is 1. The predicted molar refractivity (Wildman–Crippen MR) is 105 cm³/mol. The molecule has 1 N–H and O–H groups in total. The van der Waals surface area contributed by atoms with Gasteiger partial charge >= 0.3 is 0 Å². The minimum absolute atomic E-state index is 0.0598. The molecule has 28 heavy (non-hydrogen) atoms. The molecule has 0 aliphatic heterocycles. The Balaban J connectivity index is 1.48. The van der Waals surface area contributed by atoms with Gasteiger partial charge in [0.15, 0.2) is 0 Å². The van der Waals surface area contributed by atoms with E-state index in [1.807, 2.05) is 55.5 Å². The van der Waals surface area contributed by atoms with Gasteiger partial charge in [-0.05, 0) is 37.3 Å². The van der Waals surface area contributed by atoms with Crippen LogP contribution in [-0.4, -0.2) is 22.1 Å². The van der Waals surface area contributed by atoms with Crippen molar-refractivity contribution in [3.8, 4) is 22.8 Å². The second-order valence-corrected chi connectivity index (χ2v) is 6.53. The molecule has 4 rings (SSSR count). The third-order valence-corrected chi connectivity index (χ3v) is 4.29. The van der Waals surface area contributed by atoms with Crippen molar-refractivity contribution in [2.45, 2.75) is 19.4 Å². The maximum absolute atomic E-state index is 12.6. The molecule has 2 aromatic heterocycles. The largest absolute Gasteiger partial charge is 0.469 e. The van der Waals surface area contributed by atoms with Gasteiger partial charge in [0.05, 0.1) is 6.26 Å². The number of amides is 1. The molecule has 2 aromatic carbocycles. The normalized spacial score (nSPS) is 11.9. The van der Waals surface area contributed by atoms with Crippen LogP contribution in [0.5, 0.6) is 0 Å². The first-order chi connectivity index (χ1) is 13.7. The minimum atomic E-state index is -0.163. The number of nitrogens with zero attached hydrogens (tertiary/aromatic N) is 2. The molecule has 2 heterocycles. The van der Waals surface area contributed by atoms with Crippen molar-refractivity contribution in [2.75, 3.05) is 0 Å². The summed E-state index contributed by atoms with van der Waals surface area (Å²) in [4.78, 5) is 17.0. The highest BCUT2D eigenvalue weighted by Gasteiger charge is 2.15. The molecule has 140 valence electrons. The molecule has 1 unspecified atom stereocenters. The summed E-state index contributed by atoms with van der Waals surface area (Å²) in [5.74, 6) is 1.55. The quantitative estimate of drug-likeness (QED) is 0.543. The van der Waals surface area contributed by atoms with Crippen molar-refractivity contribution >= 4 is 5.91 Å². The third-order valence-electron chi connectivity index (χ3n) is 4.29. The van der Waals surface area contributed by atoms with Crippen LogP contribution in [-0.2, 0) is 6.42 Å². The van der Waals surface area contributed by atoms with Crippen molar-refractivity contribution in [2.24, 2.45) is 0 Å². The number of benzene rings is 2. The van der Waals surface area contributed by atoms with Crippen molar-refractivity contribution < 1.29 is 13.7 Å². The van der Waals surface area contributed by atoms with E-state index in [1.165, 1.54) is 0 Å². The average Bonchev–Trinajstić information content (AvgIpc) is 3.41. The Morgan fingerprint density at radius 1 is 1.04 bits per heavy atom. The van der Waals surface area contributed by atoms with Crippen LogP contribution in [0.15, 0.2) is 81.9 Å². The number of carbonyl (C=O) groups is 1. The fourth-order valence-corrected chi connectivity index (χ4v) is 2.93. The molecule has 4 aromatic rings. The van der Waals surface area contributed by atoms with Crippen LogP contribution in [0, 0.1) is 0 Å². The van der Waals surface area contributed by atoms with Crippen LogP contribution in [0.1, 0.15) is 23.0 Å². The van der Waals surface area contributed by atoms with E-state index in [0.29, 0.717) is 29.3 Å². The molecule has 0 radical (unpaired) electrons. The van der Waals surface area contributed by atoms with Gasteiger partial charge in [0, 0.05) is 29.2 Å². The monoisotopic (exact) mass is 373 g/mol. The highest BCUT2D eigenvalue weighted by Crippen LogP contribution is 2.23. The first-order valence-electron chi connectivity index (χ1n) is 9.02. The van der Waals surface area contributed by atoms with Crippen LogP contribution >= 0.6 is 0 Å². The Kier molecular flexibility index (Phi) is 5.01. The van der Waals surface area contributed by atoms with Crippen LogP contribution in [0.4, 0.5) is 0 Å². The first kappa shape index (κ1) is 17.7. The summed E-state index contributed by atoms with van der Waals surface area (Å²) in [5.41, 5.74) is 2.10. The maximum Gasteiger partial charge on any atom is 0.258 e. The summed E-state index contributed by atoms with van der Waals surface area (Å²) in [6.07, 6.45) is 2.25. The van der Waals surface area contributed by atoms with Crippen molar-refractivity contribution in [1.29, 1.82) is 0 Å². The van der Waals surface area contributed by atoms with E-state index in [0.717, 1.165) is 11.3 Å². The van der Waals surface area contributed by atoms with Gasteiger partial charge in [0.2, 0.25) is 5.82 Å². The second kappa shape index (κ2) is 7.92. The Hall–Kier alpha value is -3.67. The fraction of sp³-hybridized carbons (Fsp3) is 0.136. The van der Waals surface area contributed by atoms with E-state index in [4.69, 9.17) is 8.94 Å². The molecule has 0 saturated carbocycles.